The molecule has 0 radical (unpaired) electrons. The summed E-state index contributed by atoms with van der Waals surface area (Å²) in [6, 6.07) is 19.5. The quantitative estimate of drug-likeness (QED) is 0.419. The van der Waals surface area contributed by atoms with E-state index in [2.05, 4.69) is 10.3 Å². The Kier molecular flexibility index (Phi) is 7.16. The summed E-state index contributed by atoms with van der Waals surface area (Å²) in [5.74, 6) is 0.927. The molecular formula is C29H31N5O3. The number of carbonyl (C=O) groups is 1. The number of nitrogens with one attached hydrogen (secondary N) is 1. The van der Waals surface area contributed by atoms with Gasteiger partial charge in [0.05, 0.1) is 19.6 Å². The predicted octanol–water partition coefficient (Wildman–Crippen LogP) is 3.69. The van der Waals surface area contributed by atoms with Crippen LogP contribution in [0.15, 0.2) is 71.7 Å². The number of anilines is 1. The van der Waals surface area contributed by atoms with Gasteiger partial charge in [0.2, 0.25) is 5.91 Å². The summed E-state index contributed by atoms with van der Waals surface area (Å²) in [7, 11) is 1.63. The van der Waals surface area contributed by atoms with E-state index in [0.717, 1.165) is 29.7 Å². The zero-order valence-corrected chi connectivity index (χ0v) is 21.2. The van der Waals surface area contributed by atoms with Crippen LogP contribution >= 0.6 is 0 Å². The lowest BCUT2D eigenvalue weighted by Gasteiger charge is -2.32. The molecule has 8 heteroatoms. The molecule has 2 aromatic heterocycles. The van der Waals surface area contributed by atoms with Crippen LogP contribution in [0.25, 0.3) is 11.2 Å². The van der Waals surface area contributed by atoms with Crippen LogP contribution in [0.3, 0.4) is 0 Å². The molecule has 1 unspecified atom stereocenters. The van der Waals surface area contributed by atoms with Gasteiger partial charge in [0, 0.05) is 25.8 Å². The molecule has 8 nitrogen and oxygen atoms in total. The van der Waals surface area contributed by atoms with Gasteiger partial charge in [0.1, 0.15) is 11.3 Å². The highest BCUT2D eigenvalue weighted by Crippen LogP contribution is 2.22. The van der Waals surface area contributed by atoms with Crippen molar-refractivity contribution in [2.24, 2.45) is 5.92 Å². The molecule has 1 aliphatic heterocycles. The Hall–Kier alpha value is -4.20. The molecule has 190 valence electrons. The number of ether oxygens (including phenoxy) is 1. The van der Waals surface area contributed by atoms with Crippen molar-refractivity contribution in [2.45, 2.75) is 32.9 Å². The van der Waals surface area contributed by atoms with Crippen molar-refractivity contribution in [3.63, 3.8) is 0 Å². The van der Waals surface area contributed by atoms with Crippen molar-refractivity contribution in [3.05, 3.63) is 93.9 Å². The summed E-state index contributed by atoms with van der Waals surface area (Å²) in [5.41, 5.74) is 4.22. The summed E-state index contributed by atoms with van der Waals surface area (Å²) in [6.07, 6.45) is 3.27. The van der Waals surface area contributed by atoms with Gasteiger partial charge in [-0.1, -0.05) is 42.0 Å². The third kappa shape index (κ3) is 5.48. The second-order valence-electron chi connectivity index (χ2n) is 9.51. The number of hydrogen-bond acceptors (Lipinski definition) is 6. The van der Waals surface area contributed by atoms with Gasteiger partial charge >= 0.3 is 0 Å². The Morgan fingerprint density at radius 3 is 2.59 bits per heavy atom. The predicted molar refractivity (Wildman–Crippen MR) is 144 cm³/mol. The molecule has 2 aromatic carbocycles. The molecule has 1 N–H and O–H groups in total. The number of piperidine rings is 1. The average Bonchev–Trinajstić information content (AvgIpc) is 2.94. The molecule has 1 atom stereocenters. The van der Waals surface area contributed by atoms with E-state index in [0.29, 0.717) is 43.2 Å². The maximum absolute atomic E-state index is 13.7. The Bertz CT molecular complexity index is 1450. The Balaban J connectivity index is 1.36. The maximum Gasteiger partial charge on any atom is 0.295 e. The van der Waals surface area contributed by atoms with Crippen LogP contribution in [0.4, 0.5) is 5.82 Å². The first kappa shape index (κ1) is 24.5. The minimum atomic E-state index is -0.219. The van der Waals surface area contributed by atoms with Gasteiger partial charge in [-0.25, -0.2) is 9.97 Å². The minimum Gasteiger partial charge on any atom is -0.497 e. The van der Waals surface area contributed by atoms with Gasteiger partial charge in [0.25, 0.3) is 5.56 Å². The van der Waals surface area contributed by atoms with Crippen molar-refractivity contribution in [1.82, 2.24) is 19.9 Å². The fourth-order valence-corrected chi connectivity index (χ4v) is 4.75. The van der Waals surface area contributed by atoms with Crippen LogP contribution in [0.5, 0.6) is 5.75 Å². The van der Waals surface area contributed by atoms with E-state index >= 15 is 0 Å². The second-order valence-corrected chi connectivity index (χ2v) is 9.51. The number of pyridine rings is 1. The molecule has 3 heterocycles. The Morgan fingerprint density at radius 2 is 1.84 bits per heavy atom. The first-order chi connectivity index (χ1) is 18.0. The largest absolute Gasteiger partial charge is 0.497 e. The first-order valence-electron chi connectivity index (χ1n) is 12.6. The van der Waals surface area contributed by atoms with Crippen molar-refractivity contribution < 1.29 is 9.53 Å². The van der Waals surface area contributed by atoms with Gasteiger partial charge in [-0.3, -0.25) is 14.2 Å². The molecule has 1 aliphatic rings. The molecule has 1 amide bonds. The standard InChI is InChI=1S/C29H31N5O3/c1-20-7-9-22(10-8-20)18-34-26-25(6-3-15-30-26)32-27(29(34)36)33-16-4-5-23(19-33)28(35)31-17-21-11-13-24(37-2)14-12-21/h3,6-15,23H,4-5,16-19H2,1-2H3,(H,31,35). The summed E-state index contributed by atoms with van der Waals surface area (Å²) in [6.45, 7) is 4.02. The highest BCUT2D eigenvalue weighted by Gasteiger charge is 2.28. The Morgan fingerprint density at radius 1 is 1.08 bits per heavy atom. The van der Waals surface area contributed by atoms with Gasteiger partial charge in [-0.05, 0) is 55.2 Å². The lowest BCUT2D eigenvalue weighted by atomic mass is 9.97. The topological polar surface area (TPSA) is 89.3 Å². The Labute approximate surface area is 215 Å². The van der Waals surface area contributed by atoms with Gasteiger partial charge in [-0.15, -0.1) is 0 Å². The zero-order chi connectivity index (χ0) is 25.8. The highest BCUT2D eigenvalue weighted by atomic mass is 16.5. The average molecular weight is 498 g/mol. The smallest absolute Gasteiger partial charge is 0.295 e. The number of hydrogen-bond donors (Lipinski definition) is 1. The van der Waals surface area contributed by atoms with Crippen LogP contribution in [0, 0.1) is 12.8 Å². The summed E-state index contributed by atoms with van der Waals surface area (Å²) in [4.78, 5) is 37.9. The number of aromatic nitrogens is 3. The number of rotatable bonds is 7. The van der Waals surface area contributed by atoms with E-state index in [9.17, 15) is 9.59 Å². The van der Waals surface area contributed by atoms with E-state index in [1.807, 2.05) is 72.5 Å². The number of methoxy groups -OCH3 is 1. The van der Waals surface area contributed by atoms with Crippen LogP contribution in [0.1, 0.15) is 29.5 Å². The van der Waals surface area contributed by atoms with Crippen LogP contribution in [-0.2, 0) is 17.9 Å². The molecule has 0 saturated carbocycles. The molecular weight excluding hydrogens is 466 g/mol. The maximum atomic E-state index is 13.7. The molecule has 1 fully saturated rings. The van der Waals surface area contributed by atoms with Crippen molar-refractivity contribution in [2.75, 3.05) is 25.1 Å². The van der Waals surface area contributed by atoms with Crippen LogP contribution in [-0.4, -0.2) is 40.6 Å². The number of nitrogens with zero attached hydrogens (tertiary/aromatic N) is 4. The monoisotopic (exact) mass is 497 g/mol. The van der Waals surface area contributed by atoms with E-state index in [1.165, 1.54) is 5.56 Å². The van der Waals surface area contributed by atoms with E-state index in [1.54, 1.807) is 17.9 Å². The molecule has 0 aliphatic carbocycles. The molecule has 4 aromatic rings. The zero-order valence-electron chi connectivity index (χ0n) is 21.2. The lowest BCUT2D eigenvalue weighted by molar-refractivity contribution is -0.125. The number of benzene rings is 2. The summed E-state index contributed by atoms with van der Waals surface area (Å²) < 4.78 is 6.89. The first-order valence-corrected chi connectivity index (χ1v) is 12.6. The second kappa shape index (κ2) is 10.8. The number of aryl methyl sites for hydroxylation is 1. The third-order valence-corrected chi connectivity index (χ3v) is 6.86. The fraction of sp³-hybridized carbons (Fsp3) is 0.310. The van der Waals surface area contributed by atoms with E-state index < -0.39 is 0 Å². The molecule has 5 rings (SSSR count). The minimum absolute atomic E-state index is 0.0112. The molecule has 0 bridgehead atoms. The number of fused-ring (bicyclic) bond motifs is 1. The molecule has 0 spiro atoms. The normalized spacial score (nSPS) is 15.5. The van der Waals surface area contributed by atoms with E-state index in [4.69, 9.17) is 9.72 Å². The fourth-order valence-electron chi connectivity index (χ4n) is 4.75. The van der Waals surface area contributed by atoms with E-state index in [-0.39, 0.29) is 17.4 Å². The van der Waals surface area contributed by atoms with Gasteiger partial charge < -0.3 is 15.0 Å². The number of amides is 1. The SMILES string of the molecule is COc1ccc(CNC(=O)C2CCCN(c3nc4cccnc4n(Cc4ccc(C)cc4)c3=O)C2)cc1. The summed E-state index contributed by atoms with van der Waals surface area (Å²) >= 11 is 0. The number of carbonyl (C=O) groups excluding carboxylic acids is 1. The third-order valence-electron chi connectivity index (χ3n) is 6.86. The van der Waals surface area contributed by atoms with Gasteiger partial charge in [-0.2, -0.15) is 0 Å². The van der Waals surface area contributed by atoms with Crippen LogP contribution in [0.2, 0.25) is 0 Å². The van der Waals surface area contributed by atoms with Crippen molar-refractivity contribution >= 4 is 22.9 Å². The summed E-state index contributed by atoms with van der Waals surface area (Å²) in [5, 5.41) is 3.05. The van der Waals surface area contributed by atoms with Gasteiger partial charge in [0.15, 0.2) is 11.5 Å². The van der Waals surface area contributed by atoms with Crippen molar-refractivity contribution in [1.29, 1.82) is 0 Å². The lowest BCUT2D eigenvalue weighted by Crippen LogP contribution is -2.45. The molecule has 1 saturated heterocycles. The van der Waals surface area contributed by atoms with Crippen molar-refractivity contribution in [3.8, 4) is 5.75 Å². The van der Waals surface area contributed by atoms with Crippen LogP contribution < -0.4 is 20.5 Å². The highest BCUT2D eigenvalue weighted by molar-refractivity contribution is 5.79. The molecule has 37 heavy (non-hydrogen) atoms.